The number of benzene rings is 3. The minimum Gasteiger partial charge on any atom is -0.454 e. The van der Waals surface area contributed by atoms with Crippen LogP contribution in [0.2, 0.25) is 0 Å². The fraction of sp³-hybridized carbons (Fsp3) is 0.0833. The monoisotopic (exact) mass is 433 g/mol. The molecule has 0 saturated carbocycles. The molecule has 0 fully saturated rings. The van der Waals surface area contributed by atoms with E-state index in [1.165, 1.54) is 18.2 Å². The van der Waals surface area contributed by atoms with E-state index >= 15 is 0 Å². The first-order valence-electron chi connectivity index (χ1n) is 9.52. The lowest BCUT2D eigenvalue weighted by Crippen LogP contribution is -2.17. The molecular formula is C24H19NO5S. The number of Topliss-reactive ketones (excluding diaryl/α,β-unsaturated/α-hetero) is 1. The SMILES string of the molecule is CS(=O)(=O)c1ccccc1C(=O)OCC(=O)c1c(-c2ccccc2)[nH]c2ccccc12. The van der Waals surface area contributed by atoms with Crippen LogP contribution < -0.4 is 0 Å². The first-order chi connectivity index (χ1) is 14.9. The Morgan fingerprint density at radius 2 is 1.52 bits per heavy atom. The van der Waals surface area contributed by atoms with Gasteiger partial charge in [-0.15, -0.1) is 0 Å². The van der Waals surface area contributed by atoms with Crippen LogP contribution in [0.1, 0.15) is 20.7 Å². The lowest BCUT2D eigenvalue weighted by atomic mass is 10.0. The maximum absolute atomic E-state index is 13.1. The van der Waals surface area contributed by atoms with Gasteiger partial charge < -0.3 is 9.72 Å². The van der Waals surface area contributed by atoms with E-state index in [2.05, 4.69) is 4.98 Å². The highest BCUT2D eigenvalue weighted by Crippen LogP contribution is 2.30. The van der Waals surface area contributed by atoms with Gasteiger partial charge in [-0.1, -0.05) is 60.7 Å². The summed E-state index contributed by atoms with van der Waals surface area (Å²) in [5.41, 5.74) is 2.58. The van der Waals surface area contributed by atoms with Gasteiger partial charge >= 0.3 is 5.97 Å². The van der Waals surface area contributed by atoms with Crippen LogP contribution in [0, 0.1) is 0 Å². The summed E-state index contributed by atoms with van der Waals surface area (Å²) < 4.78 is 29.1. The third-order valence-electron chi connectivity index (χ3n) is 4.89. The van der Waals surface area contributed by atoms with Crippen LogP contribution in [0.25, 0.3) is 22.2 Å². The lowest BCUT2D eigenvalue weighted by Gasteiger charge is -2.09. The number of hydrogen-bond donors (Lipinski definition) is 1. The van der Waals surface area contributed by atoms with E-state index in [0.717, 1.165) is 22.7 Å². The number of fused-ring (bicyclic) bond motifs is 1. The first-order valence-corrected chi connectivity index (χ1v) is 11.4. The number of hydrogen-bond acceptors (Lipinski definition) is 5. The molecular weight excluding hydrogens is 414 g/mol. The molecule has 0 aliphatic rings. The van der Waals surface area contributed by atoms with Crippen LogP contribution in [0.5, 0.6) is 0 Å². The molecule has 0 saturated heterocycles. The van der Waals surface area contributed by atoms with Gasteiger partial charge in [-0.3, -0.25) is 4.79 Å². The molecule has 0 aliphatic carbocycles. The summed E-state index contributed by atoms with van der Waals surface area (Å²) in [6.45, 7) is -0.515. The molecule has 6 nitrogen and oxygen atoms in total. The number of esters is 1. The highest BCUT2D eigenvalue weighted by atomic mass is 32.2. The third-order valence-corrected chi connectivity index (χ3v) is 6.04. The summed E-state index contributed by atoms with van der Waals surface area (Å²) in [6.07, 6.45) is 1.02. The molecule has 7 heteroatoms. The zero-order valence-corrected chi connectivity index (χ0v) is 17.5. The van der Waals surface area contributed by atoms with Gasteiger partial charge in [0.25, 0.3) is 0 Å². The Hall–Kier alpha value is -3.71. The number of ketones is 1. The Balaban J connectivity index is 1.66. The standard InChI is InChI=1S/C24H19NO5S/c1-31(28,29)21-14-8-6-12-18(21)24(27)30-15-20(26)22-17-11-5-7-13-19(17)25-23(22)16-9-3-2-4-10-16/h2-14,25H,15H2,1H3. The molecule has 0 amide bonds. The first kappa shape index (κ1) is 20.6. The number of sulfone groups is 1. The van der Waals surface area contributed by atoms with Crippen LogP contribution in [-0.4, -0.2) is 38.0 Å². The van der Waals surface area contributed by atoms with Crippen molar-refractivity contribution in [2.24, 2.45) is 0 Å². The summed E-state index contributed by atoms with van der Waals surface area (Å²) in [4.78, 5) is 28.8. The average Bonchev–Trinajstić information content (AvgIpc) is 3.17. The highest BCUT2D eigenvalue weighted by molar-refractivity contribution is 7.90. The van der Waals surface area contributed by atoms with E-state index < -0.39 is 22.4 Å². The molecule has 0 unspecified atom stereocenters. The minimum absolute atomic E-state index is 0.0972. The van der Waals surface area contributed by atoms with Gasteiger partial charge in [0.15, 0.2) is 16.4 Å². The van der Waals surface area contributed by atoms with Crippen molar-refractivity contribution in [3.8, 4) is 11.3 Å². The van der Waals surface area contributed by atoms with E-state index in [9.17, 15) is 18.0 Å². The summed E-state index contributed by atoms with van der Waals surface area (Å²) in [6, 6.07) is 22.6. The second kappa shape index (κ2) is 8.20. The fourth-order valence-corrected chi connectivity index (χ4v) is 4.37. The number of ether oxygens (including phenoxy) is 1. The third kappa shape index (κ3) is 4.13. The van der Waals surface area contributed by atoms with Crippen molar-refractivity contribution < 1.29 is 22.7 Å². The number of H-pyrrole nitrogens is 1. The predicted octanol–water partition coefficient (Wildman–Crippen LogP) is 4.28. The van der Waals surface area contributed by atoms with Crippen LogP contribution in [0.15, 0.2) is 83.8 Å². The Labute approximate surface area is 179 Å². The summed E-state index contributed by atoms with van der Waals surface area (Å²) in [7, 11) is -3.62. The van der Waals surface area contributed by atoms with E-state index in [4.69, 9.17) is 4.74 Å². The lowest BCUT2D eigenvalue weighted by molar-refractivity contribution is 0.0471. The Morgan fingerprint density at radius 1 is 0.871 bits per heavy atom. The molecule has 0 aliphatic heterocycles. The Morgan fingerprint density at radius 3 is 2.26 bits per heavy atom. The fourth-order valence-electron chi connectivity index (χ4n) is 3.49. The Bertz CT molecular complexity index is 1390. The summed E-state index contributed by atoms with van der Waals surface area (Å²) in [5, 5.41) is 0.721. The molecule has 4 rings (SSSR count). The molecule has 0 spiro atoms. The largest absolute Gasteiger partial charge is 0.454 e. The molecule has 0 radical (unpaired) electrons. The van der Waals surface area contributed by atoms with Gasteiger partial charge in [0.05, 0.1) is 21.7 Å². The Kier molecular flexibility index (Phi) is 5.44. The number of para-hydroxylation sites is 1. The van der Waals surface area contributed by atoms with Crippen molar-refractivity contribution in [1.82, 2.24) is 4.98 Å². The molecule has 0 atom stereocenters. The summed E-state index contributed by atoms with van der Waals surface area (Å²) in [5.74, 6) is -1.25. The molecule has 156 valence electrons. The summed E-state index contributed by atoms with van der Waals surface area (Å²) >= 11 is 0. The van der Waals surface area contributed by atoms with Crippen molar-refractivity contribution in [3.63, 3.8) is 0 Å². The quantitative estimate of drug-likeness (QED) is 0.362. The van der Waals surface area contributed by atoms with Crippen molar-refractivity contribution in [2.75, 3.05) is 12.9 Å². The normalized spacial score (nSPS) is 11.4. The van der Waals surface area contributed by atoms with Crippen LogP contribution in [0.3, 0.4) is 0 Å². The van der Waals surface area contributed by atoms with E-state index in [-0.39, 0.29) is 16.2 Å². The molecule has 1 aromatic heterocycles. The van der Waals surface area contributed by atoms with Gasteiger partial charge in [-0.25, -0.2) is 13.2 Å². The van der Waals surface area contributed by atoms with Gasteiger partial charge in [0, 0.05) is 17.2 Å². The number of carbonyl (C=O) groups excluding carboxylic acids is 2. The molecule has 31 heavy (non-hydrogen) atoms. The number of aromatic amines is 1. The molecule has 4 aromatic rings. The topological polar surface area (TPSA) is 93.3 Å². The smallest absolute Gasteiger partial charge is 0.339 e. The van der Waals surface area contributed by atoms with Crippen molar-refractivity contribution >= 4 is 32.5 Å². The van der Waals surface area contributed by atoms with E-state index in [1.807, 2.05) is 54.6 Å². The zero-order valence-electron chi connectivity index (χ0n) is 16.7. The number of aromatic nitrogens is 1. The van der Waals surface area contributed by atoms with Crippen LogP contribution in [0.4, 0.5) is 0 Å². The van der Waals surface area contributed by atoms with Crippen LogP contribution >= 0.6 is 0 Å². The average molecular weight is 433 g/mol. The van der Waals surface area contributed by atoms with E-state index in [0.29, 0.717) is 11.3 Å². The predicted molar refractivity (Wildman–Crippen MR) is 118 cm³/mol. The van der Waals surface area contributed by atoms with Gasteiger partial charge in [0.2, 0.25) is 5.78 Å². The second-order valence-electron chi connectivity index (χ2n) is 7.05. The maximum atomic E-state index is 13.1. The van der Waals surface area contributed by atoms with E-state index in [1.54, 1.807) is 6.07 Å². The van der Waals surface area contributed by atoms with Gasteiger partial charge in [0.1, 0.15) is 0 Å². The van der Waals surface area contributed by atoms with Crippen molar-refractivity contribution in [2.45, 2.75) is 4.90 Å². The molecule has 0 bridgehead atoms. The number of nitrogens with one attached hydrogen (secondary N) is 1. The zero-order chi connectivity index (χ0) is 22.0. The number of rotatable bonds is 6. The van der Waals surface area contributed by atoms with Gasteiger partial charge in [-0.2, -0.15) is 0 Å². The molecule has 1 N–H and O–H groups in total. The van der Waals surface area contributed by atoms with Crippen LogP contribution in [-0.2, 0) is 14.6 Å². The molecule has 1 heterocycles. The van der Waals surface area contributed by atoms with Crippen molar-refractivity contribution in [1.29, 1.82) is 0 Å². The minimum atomic E-state index is -3.62. The highest BCUT2D eigenvalue weighted by Gasteiger charge is 2.23. The second-order valence-corrected chi connectivity index (χ2v) is 9.04. The molecule has 3 aromatic carbocycles. The van der Waals surface area contributed by atoms with Crippen molar-refractivity contribution in [3.05, 3.63) is 90.0 Å². The maximum Gasteiger partial charge on any atom is 0.339 e. The van der Waals surface area contributed by atoms with Gasteiger partial charge in [-0.05, 0) is 23.8 Å². The number of carbonyl (C=O) groups is 2.